The zero-order valence-corrected chi connectivity index (χ0v) is 15.7. The van der Waals surface area contributed by atoms with Gasteiger partial charge in [0.2, 0.25) is 11.8 Å². The summed E-state index contributed by atoms with van der Waals surface area (Å²) in [6.45, 7) is 3.30. The van der Waals surface area contributed by atoms with Crippen LogP contribution in [-0.2, 0) is 14.5 Å². The normalized spacial score (nSPS) is 33.8. The molecular formula is C19H24FN3O2S. The van der Waals surface area contributed by atoms with E-state index in [0.717, 1.165) is 12.0 Å². The first-order valence-electron chi connectivity index (χ1n) is 9.19. The van der Waals surface area contributed by atoms with Crippen molar-refractivity contribution in [2.24, 2.45) is 11.7 Å². The maximum atomic E-state index is 13.4. The first-order chi connectivity index (χ1) is 12.5. The van der Waals surface area contributed by atoms with E-state index in [4.69, 9.17) is 5.73 Å². The molecule has 3 saturated heterocycles. The Morgan fingerprint density at radius 1 is 1.38 bits per heavy atom. The van der Waals surface area contributed by atoms with Gasteiger partial charge < -0.3 is 15.5 Å². The van der Waals surface area contributed by atoms with Gasteiger partial charge in [-0.05, 0) is 49.9 Å². The predicted molar refractivity (Wildman–Crippen MR) is 98.7 cm³/mol. The van der Waals surface area contributed by atoms with Crippen molar-refractivity contribution in [2.45, 2.75) is 43.1 Å². The van der Waals surface area contributed by atoms with Crippen molar-refractivity contribution in [1.82, 2.24) is 9.80 Å². The number of rotatable bonds is 3. The van der Waals surface area contributed by atoms with Crippen LogP contribution in [0.4, 0.5) is 4.39 Å². The number of carbonyl (C=O) groups is 2. The van der Waals surface area contributed by atoms with E-state index in [-0.39, 0.29) is 23.7 Å². The van der Waals surface area contributed by atoms with E-state index >= 15 is 0 Å². The summed E-state index contributed by atoms with van der Waals surface area (Å²) in [6.07, 6.45) is 2.00. The van der Waals surface area contributed by atoms with Crippen molar-refractivity contribution in [3.63, 3.8) is 0 Å². The molecule has 4 unspecified atom stereocenters. The fourth-order valence-corrected chi connectivity index (χ4v) is 6.29. The van der Waals surface area contributed by atoms with E-state index in [1.165, 1.54) is 12.1 Å². The van der Waals surface area contributed by atoms with E-state index in [9.17, 15) is 14.0 Å². The first-order valence-corrected chi connectivity index (χ1v) is 10.2. The molecule has 26 heavy (non-hydrogen) atoms. The van der Waals surface area contributed by atoms with Crippen molar-refractivity contribution in [3.8, 4) is 0 Å². The zero-order valence-electron chi connectivity index (χ0n) is 14.9. The number of benzene rings is 1. The number of hydrogen-bond donors (Lipinski definition) is 1. The van der Waals surface area contributed by atoms with Crippen molar-refractivity contribution < 1.29 is 14.0 Å². The summed E-state index contributed by atoms with van der Waals surface area (Å²) in [5.74, 6) is 0.660. The van der Waals surface area contributed by atoms with Gasteiger partial charge in [0.05, 0.1) is 0 Å². The van der Waals surface area contributed by atoms with Gasteiger partial charge in [-0.15, -0.1) is 11.8 Å². The molecule has 4 rings (SSSR count). The molecule has 1 aromatic carbocycles. The second kappa shape index (κ2) is 6.53. The minimum Gasteiger partial charge on any atom is -0.338 e. The van der Waals surface area contributed by atoms with Crippen LogP contribution in [0.3, 0.4) is 0 Å². The number of thioether (sulfide) groups is 1. The van der Waals surface area contributed by atoms with Gasteiger partial charge in [-0.1, -0.05) is 12.1 Å². The standard InChI is InChI=1S/C19H24FN3O2S/c1-12-8-13(9-21)10-22(12)18(25)16-11-26-19(7-6-17(24)23(16)19)14-2-4-15(20)5-3-14/h2-5,12-13,16H,6-11,21H2,1H3. The second-order valence-electron chi connectivity index (χ2n) is 7.56. The lowest BCUT2D eigenvalue weighted by Crippen LogP contribution is -2.52. The van der Waals surface area contributed by atoms with Crippen LogP contribution in [0.2, 0.25) is 0 Å². The van der Waals surface area contributed by atoms with E-state index in [1.807, 2.05) is 4.90 Å². The van der Waals surface area contributed by atoms with Gasteiger partial charge in [-0.3, -0.25) is 9.59 Å². The van der Waals surface area contributed by atoms with Gasteiger partial charge in [0.1, 0.15) is 16.7 Å². The number of nitrogens with two attached hydrogens (primary N) is 1. The van der Waals surface area contributed by atoms with Crippen molar-refractivity contribution >= 4 is 23.6 Å². The Labute approximate surface area is 157 Å². The molecule has 2 amide bonds. The van der Waals surface area contributed by atoms with Crippen molar-refractivity contribution in [2.75, 3.05) is 18.8 Å². The third-order valence-electron chi connectivity index (χ3n) is 5.99. The van der Waals surface area contributed by atoms with Crippen LogP contribution in [-0.4, -0.2) is 52.5 Å². The van der Waals surface area contributed by atoms with E-state index in [1.54, 1.807) is 28.8 Å². The number of amides is 2. The molecule has 5 nitrogen and oxygen atoms in total. The number of likely N-dealkylation sites (tertiary alicyclic amines) is 1. The fraction of sp³-hybridized carbons (Fsp3) is 0.579. The SMILES string of the molecule is CC1CC(CN)CN1C(=O)C1CSC2(c3ccc(F)cc3)CCC(=O)N12. The highest BCUT2D eigenvalue weighted by Gasteiger charge is 2.57. The molecule has 1 aromatic rings. The molecule has 3 aliphatic rings. The Morgan fingerprint density at radius 3 is 2.77 bits per heavy atom. The maximum Gasteiger partial charge on any atom is 0.246 e. The number of carbonyl (C=O) groups excluding carboxylic acids is 2. The van der Waals surface area contributed by atoms with E-state index < -0.39 is 10.9 Å². The summed E-state index contributed by atoms with van der Waals surface area (Å²) in [7, 11) is 0. The Balaban J connectivity index is 1.62. The fourth-order valence-electron chi connectivity index (χ4n) is 4.65. The monoisotopic (exact) mass is 377 g/mol. The summed E-state index contributed by atoms with van der Waals surface area (Å²) >= 11 is 1.64. The molecular weight excluding hydrogens is 353 g/mol. The summed E-state index contributed by atoms with van der Waals surface area (Å²) in [6, 6.07) is 6.04. The maximum absolute atomic E-state index is 13.4. The van der Waals surface area contributed by atoms with Gasteiger partial charge in [0.15, 0.2) is 0 Å². The molecule has 3 heterocycles. The Hall–Kier alpha value is -1.60. The number of nitrogens with zero attached hydrogens (tertiary/aromatic N) is 2. The van der Waals surface area contributed by atoms with Crippen LogP contribution in [0.25, 0.3) is 0 Å². The Bertz CT molecular complexity index is 728. The summed E-state index contributed by atoms with van der Waals surface area (Å²) in [4.78, 5) is 29.1. The lowest BCUT2D eigenvalue weighted by atomic mass is 10.0. The van der Waals surface area contributed by atoms with Crippen LogP contribution in [0.15, 0.2) is 24.3 Å². The molecule has 7 heteroatoms. The lowest BCUT2D eigenvalue weighted by Gasteiger charge is -2.35. The molecule has 3 fully saturated rings. The topological polar surface area (TPSA) is 66.6 Å². The summed E-state index contributed by atoms with van der Waals surface area (Å²) in [5, 5.41) is 0. The first kappa shape index (κ1) is 17.8. The van der Waals surface area contributed by atoms with Crippen LogP contribution >= 0.6 is 11.8 Å². The van der Waals surface area contributed by atoms with Gasteiger partial charge in [-0.2, -0.15) is 0 Å². The highest BCUT2D eigenvalue weighted by Crippen LogP contribution is 2.54. The minimum absolute atomic E-state index is 0.0138. The minimum atomic E-state index is -0.540. The van der Waals surface area contributed by atoms with Crippen molar-refractivity contribution in [1.29, 1.82) is 0 Å². The smallest absolute Gasteiger partial charge is 0.246 e. The van der Waals surface area contributed by atoms with Gasteiger partial charge >= 0.3 is 0 Å². The average molecular weight is 377 g/mol. The van der Waals surface area contributed by atoms with E-state index in [0.29, 0.717) is 37.6 Å². The van der Waals surface area contributed by atoms with Crippen LogP contribution in [0, 0.1) is 11.7 Å². The molecule has 0 bridgehead atoms. The zero-order chi connectivity index (χ0) is 18.5. The molecule has 0 saturated carbocycles. The quantitative estimate of drug-likeness (QED) is 0.874. The molecule has 3 aliphatic heterocycles. The van der Waals surface area contributed by atoms with Gasteiger partial charge in [0, 0.05) is 24.8 Å². The largest absolute Gasteiger partial charge is 0.338 e. The predicted octanol–water partition coefficient (Wildman–Crippen LogP) is 1.91. The Morgan fingerprint density at radius 2 is 2.12 bits per heavy atom. The number of halogens is 1. The third kappa shape index (κ3) is 2.63. The number of fused-ring (bicyclic) bond motifs is 1. The van der Waals surface area contributed by atoms with E-state index in [2.05, 4.69) is 6.92 Å². The molecule has 0 spiro atoms. The van der Waals surface area contributed by atoms with Gasteiger partial charge in [0.25, 0.3) is 0 Å². The molecule has 0 radical (unpaired) electrons. The van der Waals surface area contributed by atoms with Gasteiger partial charge in [-0.25, -0.2) is 4.39 Å². The highest BCUT2D eigenvalue weighted by molar-refractivity contribution is 8.00. The van der Waals surface area contributed by atoms with Crippen LogP contribution < -0.4 is 5.73 Å². The molecule has 2 N–H and O–H groups in total. The highest BCUT2D eigenvalue weighted by atomic mass is 32.2. The average Bonchev–Trinajstić information content (AvgIpc) is 3.29. The second-order valence-corrected chi connectivity index (χ2v) is 8.86. The molecule has 4 atom stereocenters. The molecule has 0 aliphatic carbocycles. The summed E-state index contributed by atoms with van der Waals surface area (Å²) in [5.41, 5.74) is 6.69. The third-order valence-corrected chi connectivity index (χ3v) is 7.58. The van der Waals surface area contributed by atoms with Crippen LogP contribution in [0.1, 0.15) is 31.7 Å². The van der Waals surface area contributed by atoms with Crippen molar-refractivity contribution in [3.05, 3.63) is 35.6 Å². The molecule has 0 aromatic heterocycles. The van der Waals surface area contributed by atoms with Crippen LogP contribution in [0.5, 0.6) is 0 Å². The Kier molecular flexibility index (Phi) is 4.47. The lowest BCUT2D eigenvalue weighted by molar-refractivity contribution is -0.144. The number of hydrogen-bond acceptors (Lipinski definition) is 4. The summed E-state index contributed by atoms with van der Waals surface area (Å²) < 4.78 is 13.4. The molecule has 140 valence electrons.